The smallest absolute Gasteiger partial charge is 0.418 e. The van der Waals surface area contributed by atoms with E-state index in [1.807, 2.05) is 0 Å². The molecule has 0 unspecified atom stereocenters. The zero-order chi connectivity index (χ0) is 15.5. The number of methoxy groups -OCH3 is 1. The topological polar surface area (TPSA) is 52.3 Å². The Balaban J connectivity index is 3.79. The van der Waals surface area contributed by atoms with Gasteiger partial charge >= 0.3 is 12.1 Å². The summed E-state index contributed by atoms with van der Waals surface area (Å²) in [5.41, 5.74) is 6.45. The Morgan fingerprint density at radius 2 is 2.05 bits per heavy atom. The average molecular weight is 299 g/mol. The van der Waals surface area contributed by atoms with Gasteiger partial charge in [-0.1, -0.05) is 12.5 Å². The first-order chi connectivity index (χ1) is 9.23. The van der Waals surface area contributed by atoms with Crippen molar-refractivity contribution in [2.45, 2.75) is 19.6 Å². The van der Waals surface area contributed by atoms with Crippen LogP contribution in [0.15, 0.2) is 6.07 Å². The average Bonchev–Trinajstić information content (AvgIpc) is 2.37. The van der Waals surface area contributed by atoms with Gasteiger partial charge in [0.05, 0.1) is 29.5 Å². The van der Waals surface area contributed by atoms with Crippen molar-refractivity contribution in [2.75, 3.05) is 12.8 Å². The molecule has 0 fully saturated rings. The Morgan fingerprint density at radius 3 is 2.50 bits per heavy atom. The number of aryl methyl sites for hydroxylation is 1. The number of hydrogen-bond acceptors (Lipinski definition) is 3. The molecule has 3 nitrogen and oxygen atoms in total. The largest absolute Gasteiger partial charge is 0.465 e. The first-order valence-corrected chi connectivity index (χ1v) is 7.00. The highest BCUT2D eigenvalue weighted by Gasteiger charge is 2.39. The Labute approximate surface area is 117 Å². The van der Waals surface area contributed by atoms with Crippen molar-refractivity contribution in [2.24, 2.45) is 0 Å². The molecule has 2 N–H and O–H groups in total. The number of benzene rings is 1. The quantitative estimate of drug-likeness (QED) is 0.375. The summed E-state index contributed by atoms with van der Waals surface area (Å²) in [5.74, 6) is 1.34. The second-order valence-electron chi connectivity index (χ2n) is 3.89. The van der Waals surface area contributed by atoms with Crippen molar-refractivity contribution < 1.29 is 22.7 Å². The molecule has 2 radical (unpaired) electrons. The first-order valence-electron chi connectivity index (χ1n) is 5.50. The molecule has 0 heterocycles. The maximum Gasteiger partial charge on any atom is 0.418 e. The lowest BCUT2D eigenvalue weighted by Gasteiger charge is -2.17. The van der Waals surface area contributed by atoms with E-state index in [9.17, 15) is 18.0 Å². The lowest BCUT2D eigenvalue weighted by atomic mass is 9.95. The van der Waals surface area contributed by atoms with E-state index in [2.05, 4.69) is 16.2 Å². The van der Waals surface area contributed by atoms with Crippen LogP contribution in [-0.4, -0.2) is 22.6 Å². The number of rotatable bonds is 1. The van der Waals surface area contributed by atoms with E-state index in [-0.39, 0.29) is 20.8 Å². The highest BCUT2D eigenvalue weighted by molar-refractivity contribution is 6.44. The maximum absolute atomic E-state index is 13.2. The van der Waals surface area contributed by atoms with Crippen LogP contribution in [0.4, 0.5) is 18.9 Å². The minimum atomic E-state index is -4.74. The van der Waals surface area contributed by atoms with Crippen LogP contribution in [-0.2, 0) is 10.9 Å². The van der Waals surface area contributed by atoms with Gasteiger partial charge in [0, 0.05) is 0 Å². The number of esters is 1. The SMILES string of the molecule is COC(=O)c1cc(C)c(N)c(C#C[Si]C)c1C(F)(F)F. The molecule has 0 amide bonds. The molecule has 0 aromatic heterocycles. The van der Waals surface area contributed by atoms with Gasteiger partial charge in [-0.2, -0.15) is 13.2 Å². The van der Waals surface area contributed by atoms with Crippen LogP contribution in [0.3, 0.4) is 0 Å². The molecule has 1 aromatic carbocycles. The van der Waals surface area contributed by atoms with Gasteiger partial charge in [0.15, 0.2) is 0 Å². The van der Waals surface area contributed by atoms with Gasteiger partial charge in [-0.15, -0.1) is 5.54 Å². The Morgan fingerprint density at radius 1 is 1.45 bits per heavy atom. The summed E-state index contributed by atoms with van der Waals surface area (Å²) < 4.78 is 44.0. The number of halogens is 3. The molecule has 7 heteroatoms. The third-order valence-electron chi connectivity index (χ3n) is 2.58. The van der Waals surface area contributed by atoms with Crippen molar-refractivity contribution in [1.82, 2.24) is 0 Å². The van der Waals surface area contributed by atoms with Crippen molar-refractivity contribution >= 4 is 21.2 Å². The number of ether oxygens (including phenoxy) is 1. The number of alkyl halides is 3. The fourth-order valence-electron chi connectivity index (χ4n) is 1.65. The van der Waals surface area contributed by atoms with Gasteiger partial charge in [-0.3, -0.25) is 0 Å². The summed E-state index contributed by atoms with van der Waals surface area (Å²) in [6.07, 6.45) is -4.74. The summed E-state index contributed by atoms with van der Waals surface area (Å²) >= 11 is 0. The molecule has 0 spiro atoms. The van der Waals surface area contributed by atoms with Gasteiger partial charge in [0.1, 0.15) is 9.52 Å². The van der Waals surface area contributed by atoms with E-state index >= 15 is 0 Å². The van der Waals surface area contributed by atoms with E-state index in [1.54, 1.807) is 6.55 Å². The minimum Gasteiger partial charge on any atom is -0.465 e. The molecule has 0 aliphatic heterocycles. The van der Waals surface area contributed by atoms with Crippen molar-refractivity contribution in [3.8, 4) is 11.5 Å². The molecule has 0 bridgehead atoms. The van der Waals surface area contributed by atoms with E-state index < -0.39 is 23.3 Å². The van der Waals surface area contributed by atoms with E-state index in [1.165, 1.54) is 6.92 Å². The van der Waals surface area contributed by atoms with Gasteiger partial charge < -0.3 is 10.5 Å². The van der Waals surface area contributed by atoms with E-state index in [4.69, 9.17) is 5.73 Å². The highest BCUT2D eigenvalue weighted by atomic mass is 28.2. The number of hydrogen-bond donors (Lipinski definition) is 1. The monoisotopic (exact) mass is 299 g/mol. The third kappa shape index (κ3) is 3.14. The Bertz CT molecular complexity index is 600. The lowest BCUT2D eigenvalue weighted by molar-refractivity contribution is -0.138. The van der Waals surface area contributed by atoms with Gasteiger partial charge in [0.2, 0.25) is 0 Å². The van der Waals surface area contributed by atoms with Crippen molar-refractivity contribution in [3.05, 3.63) is 28.3 Å². The summed E-state index contributed by atoms with van der Waals surface area (Å²) in [4.78, 5) is 11.6. The van der Waals surface area contributed by atoms with Gasteiger partial charge in [0.25, 0.3) is 0 Å². The number of carbonyl (C=O) groups excluding carboxylic acids is 1. The Kier molecular flexibility index (Phi) is 4.84. The molecular weight excluding hydrogens is 287 g/mol. The van der Waals surface area contributed by atoms with Crippen LogP contribution in [0.2, 0.25) is 6.55 Å². The standard InChI is InChI=1S/C13H12F3NO2Si/c1-7-6-9(12(18)19-2)10(13(14,15)16)8(11(7)17)4-5-20-3/h6H,17H2,1-3H3. The molecule has 0 aliphatic rings. The number of anilines is 1. The van der Waals surface area contributed by atoms with Crippen LogP contribution in [0.25, 0.3) is 0 Å². The predicted molar refractivity (Wildman–Crippen MR) is 70.4 cm³/mol. The number of carbonyl (C=O) groups is 1. The molecule has 0 atom stereocenters. The molecule has 1 rings (SSSR count). The second kappa shape index (κ2) is 6.01. The van der Waals surface area contributed by atoms with Crippen LogP contribution >= 0.6 is 0 Å². The molecule has 0 aliphatic carbocycles. The molecule has 106 valence electrons. The van der Waals surface area contributed by atoms with Crippen molar-refractivity contribution in [1.29, 1.82) is 0 Å². The minimum absolute atomic E-state index is 0.0734. The second-order valence-corrected chi connectivity index (χ2v) is 4.64. The molecular formula is C13H12F3NO2Si. The number of nitrogen functional groups attached to an aromatic ring is 1. The summed E-state index contributed by atoms with van der Waals surface area (Å²) in [7, 11) is 1.17. The first kappa shape index (κ1) is 16.1. The summed E-state index contributed by atoms with van der Waals surface area (Å²) in [5, 5.41) is 0. The van der Waals surface area contributed by atoms with Gasteiger partial charge in [-0.25, -0.2) is 4.79 Å². The molecule has 0 saturated heterocycles. The summed E-state index contributed by atoms with van der Waals surface area (Å²) in [6, 6.07) is 1.07. The zero-order valence-electron chi connectivity index (χ0n) is 11.1. The fourth-order valence-corrected chi connectivity index (χ4v) is 1.90. The van der Waals surface area contributed by atoms with E-state index in [0.717, 1.165) is 13.2 Å². The third-order valence-corrected chi connectivity index (χ3v) is 2.95. The van der Waals surface area contributed by atoms with Crippen LogP contribution < -0.4 is 5.73 Å². The van der Waals surface area contributed by atoms with Crippen LogP contribution in [0, 0.1) is 18.4 Å². The Hall–Kier alpha value is -1.94. The zero-order valence-corrected chi connectivity index (χ0v) is 12.1. The fraction of sp³-hybridized carbons (Fsp3) is 0.308. The van der Waals surface area contributed by atoms with Crippen LogP contribution in [0.1, 0.15) is 27.0 Å². The summed E-state index contributed by atoms with van der Waals surface area (Å²) in [6.45, 7) is 3.24. The number of nitrogens with two attached hydrogens (primary N) is 1. The van der Waals surface area contributed by atoms with Crippen molar-refractivity contribution in [3.63, 3.8) is 0 Å². The highest BCUT2D eigenvalue weighted by Crippen LogP contribution is 2.38. The normalized spacial score (nSPS) is 10.7. The molecule has 20 heavy (non-hydrogen) atoms. The molecule has 0 saturated carbocycles. The van der Waals surface area contributed by atoms with Crippen LogP contribution in [0.5, 0.6) is 0 Å². The predicted octanol–water partition coefficient (Wildman–Crippen LogP) is 2.44. The lowest BCUT2D eigenvalue weighted by Crippen LogP contribution is -2.18. The molecule has 1 aromatic rings. The maximum atomic E-state index is 13.2. The van der Waals surface area contributed by atoms with Gasteiger partial charge in [-0.05, 0) is 18.6 Å². The van der Waals surface area contributed by atoms with E-state index in [0.29, 0.717) is 5.56 Å².